The summed E-state index contributed by atoms with van der Waals surface area (Å²) in [7, 11) is 0. The SMILES string of the molecule is CCCCCCc1ccc(N(c2ccc(CCCCCC)cc2)c2cccc(C3=CCCC=C3c3cccc(C(C)(C)c4cccc(-c5ccccc5-c5cccc(N(c6ccc(CCCCCC)cc6)c6ccc(CCCCCC)cc6)c5)c4)c3)c2)cc1. The van der Waals surface area contributed by atoms with Crippen LogP contribution in [0.25, 0.3) is 33.4 Å². The smallest absolute Gasteiger partial charge is 0.0467 e. The fourth-order valence-corrected chi connectivity index (χ4v) is 13.3. The maximum absolute atomic E-state index is 2.48. The van der Waals surface area contributed by atoms with Crippen LogP contribution in [-0.2, 0) is 31.1 Å². The molecular formula is C87H100N2. The highest BCUT2D eigenvalue weighted by Gasteiger charge is 2.26. The van der Waals surface area contributed by atoms with Gasteiger partial charge >= 0.3 is 0 Å². The number of hydrogen-bond acceptors (Lipinski definition) is 2. The van der Waals surface area contributed by atoms with Gasteiger partial charge in [0.15, 0.2) is 0 Å². The Bertz CT molecular complexity index is 3580. The van der Waals surface area contributed by atoms with Crippen molar-refractivity contribution < 1.29 is 0 Å². The van der Waals surface area contributed by atoms with Crippen molar-refractivity contribution in [2.45, 2.75) is 188 Å². The topological polar surface area (TPSA) is 6.48 Å². The summed E-state index contributed by atoms with van der Waals surface area (Å²) in [4.78, 5) is 4.91. The Kier molecular flexibility index (Phi) is 23.4. The molecular weight excluding hydrogens is 1070 g/mol. The standard InChI is InChI=1S/C87H100N2/c1-7-11-15-19-31-67-47-55-77(56-48-67)88(78-57-49-68(50-58-78)32-20-16-12-8-2)81-41-29-37-73(65-81)85-45-25-23-43-83(85)71-35-27-39-75(63-71)87(5,6)76-40-28-36-72(64-76)84-44-24-26-46-86(84)74-38-30-42-82(66-74)89(79-59-51-69(52-60-79)33-21-17-13-9-3)80-61-53-70(54-62-80)34-22-18-14-10-4/h23,25,27-30,35-66H,7-22,24,26,31-34H2,1-6H3. The summed E-state index contributed by atoms with van der Waals surface area (Å²) in [5, 5.41) is 0. The Balaban J connectivity index is 0.917. The summed E-state index contributed by atoms with van der Waals surface area (Å²) in [6.45, 7) is 14.0. The zero-order chi connectivity index (χ0) is 61.6. The number of aryl methyl sites for hydroxylation is 4. The molecule has 0 saturated heterocycles. The average Bonchev–Trinajstić information content (AvgIpc) is 3.32. The number of unbranched alkanes of at least 4 members (excludes halogenated alkanes) is 12. The summed E-state index contributed by atoms with van der Waals surface area (Å²) >= 11 is 0. The van der Waals surface area contributed by atoms with E-state index in [4.69, 9.17) is 0 Å². The van der Waals surface area contributed by atoms with Crippen LogP contribution < -0.4 is 9.80 Å². The van der Waals surface area contributed by atoms with E-state index in [2.05, 4.69) is 282 Å². The molecule has 2 heteroatoms. The minimum atomic E-state index is -0.285. The minimum Gasteiger partial charge on any atom is -0.310 e. The molecule has 10 rings (SSSR count). The first-order valence-corrected chi connectivity index (χ1v) is 34.6. The van der Waals surface area contributed by atoms with Crippen molar-refractivity contribution >= 4 is 45.3 Å². The molecule has 0 spiro atoms. The van der Waals surface area contributed by atoms with Gasteiger partial charge in [-0.2, -0.15) is 0 Å². The zero-order valence-corrected chi connectivity index (χ0v) is 54.9. The molecule has 0 saturated carbocycles. The fraction of sp³-hybridized carbons (Fsp3) is 0.333. The van der Waals surface area contributed by atoms with Crippen molar-refractivity contribution in [3.05, 3.63) is 275 Å². The minimum absolute atomic E-state index is 0.285. The normalized spacial score (nSPS) is 12.4. The van der Waals surface area contributed by atoms with Crippen LogP contribution in [-0.4, -0.2) is 0 Å². The molecule has 0 amide bonds. The van der Waals surface area contributed by atoms with Gasteiger partial charge in [0, 0.05) is 39.5 Å². The maximum atomic E-state index is 2.48. The van der Waals surface area contributed by atoms with Gasteiger partial charge in [0.05, 0.1) is 0 Å². The lowest BCUT2D eigenvalue weighted by Gasteiger charge is -2.29. The third-order valence-electron chi connectivity index (χ3n) is 18.8. The van der Waals surface area contributed by atoms with E-state index in [9.17, 15) is 0 Å². The maximum Gasteiger partial charge on any atom is 0.0467 e. The third kappa shape index (κ3) is 16.9. The number of allylic oxidation sites excluding steroid dienone is 4. The first-order chi connectivity index (χ1) is 43.7. The Morgan fingerprint density at radius 1 is 0.281 bits per heavy atom. The molecule has 458 valence electrons. The van der Waals surface area contributed by atoms with Crippen molar-refractivity contribution in [1.29, 1.82) is 0 Å². The first kappa shape index (κ1) is 64.1. The summed E-state index contributed by atoms with van der Waals surface area (Å²) in [5.41, 5.74) is 25.1. The molecule has 0 aliphatic heterocycles. The second-order valence-corrected chi connectivity index (χ2v) is 25.8. The van der Waals surface area contributed by atoms with Gasteiger partial charge in [-0.25, -0.2) is 0 Å². The van der Waals surface area contributed by atoms with Crippen LogP contribution in [0.1, 0.15) is 202 Å². The van der Waals surface area contributed by atoms with Crippen molar-refractivity contribution in [3.63, 3.8) is 0 Å². The highest BCUT2D eigenvalue weighted by molar-refractivity contribution is 6.06. The summed E-state index contributed by atoms with van der Waals surface area (Å²) < 4.78 is 0. The largest absolute Gasteiger partial charge is 0.310 e. The molecule has 0 aromatic heterocycles. The monoisotopic (exact) mass is 1170 g/mol. The number of anilines is 6. The van der Waals surface area contributed by atoms with E-state index in [0.29, 0.717) is 0 Å². The highest BCUT2D eigenvalue weighted by atomic mass is 15.1. The number of rotatable bonds is 32. The predicted octanol–water partition coefficient (Wildman–Crippen LogP) is 26.0. The van der Waals surface area contributed by atoms with Gasteiger partial charge in [-0.1, -0.05) is 276 Å². The van der Waals surface area contributed by atoms with Gasteiger partial charge in [0.2, 0.25) is 0 Å². The van der Waals surface area contributed by atoms with Gasteiger partial charge in [0.25, 0.3) is 0 Å². The van der Waals surface area contributed by atoms with Crippen LogP contribution in [0, 0.1) is 0 Å². The van der Waals surface area contributed by atoms with E-state index in [1.807, 2.05) is 0 Å². The quantitative estimate of drug-likeness (QED) is 0.0388. The molecule has 0 bridgehead atoms. The number of benzene rings is 9. The number of hydrogen-bond donors (Lipinski definition) is 0. The van der Waals surface area contributed by atoms with Gasteiger partial charge in [-0.3, -0.25) is 0 Å². The Morgan fingerprint density at radius 2 is 0.584 bits per heavy atom. The molecule has 0 radical (unpaired) electrons. The van der Waals surface area contributed by atoms with Gasteiger partial charge in [-0.15, -0.1) is 0 Å². The summed E-state index contributed by atoms with van der Waals surface area (Å²) in [6.07, 6.45) is 31.9. The predicted molar refractivity (Wildman–Crippen MR) is 388 cm³/mol. The van der Waals surface area contributed by atoms with Gasteiger partial charge in [0.1, 0.15) is 0 Å². The van der Waals surface area contributed by atoms with E-state index >= 15 is 0 Å². The zero-order valence-electron chi connectivity index (χ0n) is 54.9. The molecule has 9 aromatic rings. The second kappa shape index (κ2) is 32.5. The molecule has 0 heterocycles. The van der Waals surface area contributed by atoms with Crippen molar-refractivity contribution in [2.24, 2.45) is 0 Å². The first-order valence-electron chi connectivity index (χ1n) is 34.6. The second-order valence-electron chi connectivity index (χ2n) is 25.8. The van der Waals surface area contributed by atoms with Crippen LogP contribution in [0.4, 0.5) is 34.1 Å². The Morgan fingerprint density at radius 3 is 0.944 bits per heavy atom. The molecule has 9 aromatic carbocycles. The molecule has 89 heavy (non-hydrogen) atoms. The fourth-order valence-electron chi connectivity index (χ4n) is 13.3. The molecule has 0 unspecified atom stereocenters. The molecule has 2 nitrogen and oxygen atoms in total. The molecule has 1 aliphatic rings. The van der Waals surface area contributed by atoms with E-state index < -0.39 is 0 Å². The Labute approximate surface area is 537 Å². The lowest BCUT2D eigenvalue weighted by Crippen LogP contribution is -2.19. The van der Waals surface area contributed by atoms with Gasteiger partial charge < -0.3 is 9.80 Å². The van der Waals surface area contributed by atoms with Crippen LogP contribution in [0.5, 0.6) is 0 Å². The van der Waals surface area contributed by atoms with E-state index in [1.165, 1.54) is 209 Å². The highest BCUT2D eigenvalue weighted by Crippen LogP contribution is 2.44. The van der Waals surface area contributed by atoms with E-state index in [0.717, 1.165) is 44.2 Å². The molecule has 0 fully saturated rings. The number of nitrogens with zero attached hydrogens (tertiary/aromatic N) is 2. The molecule has 0 N–H and O–H groups in total. The van der Waals surface area contributed by atoms with Crippen molar-refractivity contribution in [1.82, 2.24) is 0 Å². The Hall–Kier alpha value is -7.94. The van der Waals surface area contributed by atoms with E-state index in [-0.39, 0.29) is 5.41 Å². The van der Waals surface area contributed by atoms with Crippen LogP contribution >= 0.6 is 0 Å². The van der Waals surface area contributed by atoms with Crippen LogP contribution in [0.15, 0.2) is 231 Å². The lowest BCUT2D eigenvalue weighted by molar-refractivity contribution is 0.641. The van der Waals surface area contributed by atoms with Crippen LogP contribution in [0.3, 0.4) is 0 Å². The van der Waals surface area contributed by atoms with Crippen LogP contribution in [0.2, 0.25) is 0 Å². The lowest BCUT2D eigenvalue weighted by atomic mass is 9.76. The average molecular weight is 1170 g/mol. The van der Waals surface area contributed by atoms with E-state index in [1.54, 1.807) is 0 Å². The van der Waals surface area contributed by atoms with Gasteiger partial charge in [-0.05, 0) is 215 Å². The van der Waals surface area contributed by atoms with Crippen molar-refractivity contribution in [2.75, 3.05) is 9.80 Å². The molecule has 0 atom stereocenters. The summed E-state index contributed by atoms with van der Waals surface area (Å²) in [5.74, 6) is 0. The molecule has 1 aliphatic carbocycles. The summed E-state index contributed by atoms with van der Waals surface area (Å²) in [6, 6.07) is 83.7. The third-order valence-corrected chi connectivity index (χ3v) is 18.8. The van der Waals surface area contributed by atoms with Crippen molar-refractivity contribution in [3.8, 4) is 22.3 Å².